The van der Waals surface area contributed by atoms with Crippen molar-refractivity contribution in [1.29, 1.82) is 0 Å². The number of halogens is 1. The molecule has 0 aliphatic heterocycles. The van der Waals surface area contributed by atoms with Gasteiger partial charge in [0, 0.05) is 10.7 Å². The normalized spacial score (nSPS) is 11.0. The average molecular weight is 297 g/mol. The molecule has 2 aromatic rings. The molecule has 0 spiro atoms. The van der Waals surface area contributed by atoms with Gasteiger partial charge in [-0.2, -0.15) is 0 Å². The summed E-state index contributed by atoms with van der Waals surface area (Å²) in [6.07, 6.45) is 0. The number of ether oxygens (including phenoxy) is 1. The third-order valence-corrected chi connectivity index (χ3v) is 3.70. The summed E-state index contributed by atoms with van der Waals surface area (Å²) >= 11 is 0. The third kappa shape index (κ3) is 3.56. The van der Waals surface area contributed by atoms with Crippen molar-refractivity contribution in [2.24, 2.45) is 0 Å². The van der Waals surface area contributed by atoms with Gasteiger partial charge in [0.2, 0.25) is 0 Å². The molecule has 19 heavy (non-hydrogen) atoms. The standard InChI is InChI=1S/C13H9ClO4S/c14-19(16,17)12-8-6-11(7-9-12)18-13(15)10-4-2-1-3-5-10/h1-9H. The van der Waals surface area contributed by atoms with E-state index in [1.165, 1.54) is 24.3 Å². The third-order valence-electron chi connectivity index (χ3n) is 2.33. The quantitative estimate of drug-likeness (QED) is 0.496. The van der Waals surface area contributed by atoms with Crippen LogP contribution >= 0.6 is 10.7 Å². The van der Waals surface area contributed by atoms with Crippen molar-refractivity contribution in [2.75, 3.05) is 0 Å². The summed E-state index contributed by atoms with van der Waals surface area (Å²) in [6, 6.07) is 13.8. The summed E-state index contributed by atoms with van der Waals surface area (Å²) in [5.74, 6) is -0.264. The fraction of sp³-hybridized carbons (Fsp3) is 0. The van der Waals surface area contributed by atoms with Gasteiger partial charge < -0.3 is 4.74 Å². The molecule has 0 saturated heterocycles. The van der Waals surface area contributed by atoms with Gasteiger partial charge in [0.15, 0.2) is 0 Å². The highest BCUT2D eigenvalue weighted by Gasteiger charge is 2.11. The van der Waals surface area contributed by atoms with Crippen LogP contribution in [0.25, 0.3) is 0 Å². The van der Waals surface area contributed by atoms with Gasteiger partial charge in [-0.15, -0.1) is 0 Å². The molecule has 2 rings (SSSR count). The minimum Gasteiger partial charge on any atom is -0.423 e. The minimum absolute atomic E-state index is 0.0475. The molecule has 0 bridgehead atoms. The molecule has 0 aromatic heterocycles. The Kier molecular flexibility index (Phi) is 3.87. The highest BCUT2D eigenvalue weighted by Crippen LogP contribution is 2.19. The summed E-state index contributed by atoms with van der Waals surface area (Å²) in [5, 5.41) is 0. The van der Waals surface area contributed by atoms with Crippen molar-refractivity contribution < 1.29 is 17.9 Å². The van der Waals surface area contributed by atoms with Gasteiger partial charge in [0.25, 0.3) is 9.05 Å². The first kappa shape index (κ1) is 13.6. The molecule has 0 saturated carbocycles. The predicted octanol–water partition coefficient (Wildman–Crippen LogP) is 2.83. The smallest absolute Gasteiger partial charge is 0.343 e. The lowest BCUT2D eigenvalue weighted by Crippen LogP contribution is -2.08. The first-order valence-electron chi connectivity index (χ1n) is 5.29. The summed E-state index contributed by atoms with van der Waals surface area (Å²) < 4.78 is 27.2. The van der Waals surface area contributed by atoms with Gasteiger partial charge in [-0.3, -0.25) is 0 Å². The van der Waals surface area contributed by atoms with Crippen molar-refractivity contribution in [1.82, 2.24) is 0 Å². The molecule has 2 aromatic carbocycles. The second-order valence-electron chi connectivity index (χ2n) is 3.66. The van der Waals surface area contributed by atoms with Crippen LogP contribution < -0.4 is 4.74 Å². The van der Waals surface area contributed by atoms with Crippen molar-refractivity contribution in [3.63, 3.8) is 0 Å². The maximum atomic E-state index is 11.7. The molecule has 0 aliphatic rings. The van der Waals surface area contributed by atoms with Crippen LogP contribution in [0.2, 0.25) is 0 Å². The molecule has 0 amide bonds. The van der Waals surface area contributed by atoms with E-state index in [4.69, 9.17) is 15.4 Å². The second kappa shape index (κ2) is 5.42. The van der Waals surface area contributed by atoms with E-state index in [2.05, 4.69) is 0 Å². The summed E-state index contributed by atoms with van der Waals surface area (Å²) in [7, 11) is 1.41. The molecule has 4 nitrogen and oxygen atoms in total. The van der Waals surface area contributed by atoms with E-state index >= 15 is 0 Å². The van der Waals surface area contributed by atoms with Crippen molar-refractivity contribution in [3.05, 3.63) is 60.2 Å². The SMILES string of the molecule is O=C(Oc1ccc(S(=O)(=O)Cl)cc1)c1ccccc1. The lowest BCUT2D eigenvalue weighted by atomic mass is 10.2. The zero-order chi connectivity index (χ0) is 13.9. The number of rotatable bonds is 3. The maximum Gasteiger partial charge on any atom is 0.343 e. The van der Waals surface area contributed by atoms with E-state index in [0.29, 0.717) is 5.56 Å². The average Bonchev–Trinajstić information content (AvgIpc) is 2.39. The largest absolute Gasteiger partial charge is 0.423 e. The van der Waals surface area contributed by atoms with Crippen LogP contribution in [0.3, 0.4) is 0 Å². The molecule has 0 unspecified atom stereocenters. The van der Waals surface area contributed by atoms with Crippen LogP contribution in [0, 0.1) is 0 Å². The molecular formula is C13H9ClO4S. The number of hydrogen-bond donors (Lipinski definition) is 0. The molecule has 0 radical (unpaired) electrons. The number of benzene rings is 2. The topological polar surface area (TPSA) is 60.4 Å². The van der Waals surface area contributed by atoms with E-state index in [9.17, 15) is 13.2 Å². The summed E-state index contributed by atoms with van der Waals surface area (Å²) in [4.78, 5) is 11.7. The Morgan fingerprint density at radius 3 is 2.05 bits per heavy atom. The minimum atomic E-state index is -3.77. The monoisotopic (exact) mass is 296 g/mol. The molecule has 0 N–H and O–H groups in total. The fourth-order valence-corrected chi connectivity index (χ4v) is 2.18. The fourth-order valence-electron chi connectivity index (χ4n) is 1.41. The van der Waals surface area contributed by atoms with E-state index in [-0.39, 0.29) is 10.6 Å². The van der Waals surface area contributed by atoms with Crippen LogP contribution in [0.15, 0.2) is 59.5 Å². The van der Waals surface area contributed by atoms with Crippen LogP contribution in [0.5, 0.6) is 5.75 Å². The Hall–Kier alpha value is -1.85. The molecule has 0 atom stereocenters. The molecule has 0 aliphatic carbocycles. The van der Waals surface area contributed by atoms with Gasteiger partial charge in [-0.25, -0.2) is 13.2 Å². The lowest BCUT2D eigenvalue weighted by molar-refractivity contribution is 0.0734. The molecule has 0 fully saturated rings. The zero-order valence-corrected chi connectivity index (χ0v) is 11.2. The van der Waals surface area contributed by atoms with Crippen LogP contribution in [0.1, 0.15) is 10.4 Å². The molecular weight excluding hydrogens is 288 g/mol. The van der Waals surface area contributed by atoms with Gasteiger partial charge in [-0.1, -0.05) is 18.2 Å². The first-order valence-corrected chi connectivity index (χ1v) is 7.60. The second-order valence-corrected chi connectivity index (χ2v) is 6.23. The highest BCUT2D eigenvalue weighted by atomic mass is 35.7. The Balaban J connectivity index is 2.15. The molecule has 0 heterocycles. The van der Waals surface area contributed by atoms with Gasteiger partial charge >= 0.3 is 5.97 Å². The Morgan fingerprint density at radius 1 is 0.947 bits per heavy atom. The Labute approximate surface area is 115 Å². The van der Waals surface area contributed by atoms with Crippen LogP contribution in [-0.4, -0.2) is 14.4 Å². The zero-order valence-electron chi connectivity index (χ0n) is 9.62. The number of carbonyl (C=O) groups is 1. The van der Waals surface area contributed by atoms with Crippen molar-refractivity contribution in [2.45, 2.75) is 4.90 Å². The Bertz CT molecular complexity index is 678. The molecule has 6 heteroatoms. The Morgan fingerprint density at radius 2 is 1.53 bits per heavy atom. The van der Waals surface area contributed by atoms with E-state index in [0.717, 1.165) is 0 Å². The van der Waals surface area contributed by atoms with E-state index in [1.54, 1.807) is 30.3 Å². The number of esters is 1. The number of carbonyl (C=O) groups excluding carboxylic acids is 1. The summed E-state index contributed by atoms with van der Waals surface area (Å²) in [5.41, 5.74) is 0.413. The van der Waals surface area contributed by atoms with E-state index < -0.39 is 15.0 Å². The lowest BCUT2D eigenvalue weighted by Gasteiger charge is -2.04. The van der Waals surface area contributed by atoms with Gasteiger partial charge in [-0.05, 0) is 36.4 Å². The predicted molar refractivity (Wildman–Crippen MR) is 70.9 cm³/mol. The van der Waals surface area contributed by atoms with Gasteiger partial charge in [0.05, 0.1) is 10.5 Å². The highest BCUT2D eigenvalue weighted by molar-refractivity contribution is 8.13. The summed E-state index contributed by atoms with van der Waals surface area (Å²) in [6.45, 7) is 0. The number of hydrogen-bond acceptors (Lipinski definition) is 4. The molecule has 98 valence electrons. The van der Waals surface area contributed by atoms with Gasteiger partial charge in [0.1, 0.15) is 5.75 Å². The van der Waals surface area contributed by atoms with Crippen molar-refractivity contribution >= 4 is 25.7 Å². The van der Waals surface area contributed by atoms with Crippen molar-refractivity contribution in [3.8, 4) is 5.75 Å². The van der Waals surface area contributed by atoms with Crippen LogP contribution in [-0.2, 0) is 9.05 Å². The first-order chi connectivity index (χ1) is 8.97. The maximum absolute atomic E-state index is 11.7. The van der Waals surface area contributed by atoms with Crippen LogP contribution in [0.4, 0.5) is 0 Å². The van der Waals surface area contributed by atoms with E-state index in [1.807, 2.05) is 0 Å².